The van der Waals surface area contributed by atoms with Crippen molar-refractivity contribution in [3.63, 3.8) is 0 Å². The van der Waals surface area contributed by atoms with E-state index in [-0.39, 0.29) is 0 Å². The first-order valence-electron chi connectivity index (χ1n) is 12.1. The Morgan fingerprint density at radius 1 is 1.13 bits per heavy atom. The third kappa shape index (κ3) is 7.23. The number of aromatic nitrogens is 2. The monoisotopic (exact) mass is 431 g/mol. The van der Waals surface area contributed by atoms with Crippen molar-refractivity contribution in [2.24, 2.45) is 10.9 Å². The SMILES string of the molecule is CCNC(=NCCCn1nc(C)cc1C)NCCN1CCN(C(=O)C2CCCC2)CC1. The molecule has 1 aromatic heterocycles. The average molecular weight is 432 g/mol. The van der Waals surface area contributed by atoms with E-state index in [1.54, 1.807) is 0 Å². The number of aryl methyl sites for hydroxylation is 3. The second-order valence-electron chi connectivity index (χ2n) is 8.84. The molecule has 0 bridgehead atoms. The molecule has 1 aliphatic heterocycles. The van der Waals surface area contributed by atoms with Gasteiger partial charge in [-0.05, 0) is 46.1 Å². The molecule has 2 heterocycles. The topological polar surface area (TPSA) is 77.8 Å². The zero-order valence-corrected chi connectivity index (χ0v) is 19.7. The maximum absolute atomic E-state index is 12.6. The fraction of sp³-hybridized carbons (Fsp3) is 0.783. The third-order valence-corrected chi connectivity index (χ3v) is 6.35. The van der Waals surface area contributed by atoms with Crippen LogP contribution < -0.4 is 10.6 Å². The Balaban J connectivity index is 1.33. The van der Waals surface area contributed by atoms with Gasteiger partial charge in [-0.2, -0.15) is 5.10 Å². The summed E-state index contributed by atoms with van der Waals surface area (Å²) in [7, 11) is 0. The summed E-state index contributed by atoms with van der Waals surface area (Å²) in [5.41, 5.74) is 2.27. The molecule has 2 aliphatic rings. The lowest BCUT2D eigenvalue weighted by Crippen LogP contribution is -2.51. The summed E-state index contributed by atoms with van der Waals surface area (Å²) < 4.78 is 2.06. The molecule has 1 amide bonds. The molecule has 0 aromatic carbocycles. The number of aliphatic imine (C=N–C) groups is 1. The molecule has 0 unspecified atom stereocenters. The third-order valence-electron chi connectivity index (χ3n) is 6.35. The van der Waals surface area contributed by atoms with Crippen LogP contribution in [0.15, 0.2) is 11.1 Å². The fourth-order valence-electron chi connectivity index (χ4n) is 4.61. The summed E-state index contributed by atoms with van der Waals surface area (Å²) in [4.78, 5) is 21.8. The minimum Gasteiger partial charge on any atom is -0.357 e. The van der Waals surface area contributed by atoms with Crippen molar-refractivity contribution in [3.8, 4) is 0 Å². The van der Waals surface area contributed by atoms with Crippen LogP contribution in [0.2, 0.25) is 0 Å². The summed E-state index contributed by atoms with van der Waals surface area (Å²) >= 11 is 0. The molecule has 1 aromatic rings. The van der Waals surface area contributed by atoms with Gasteiger partial charge < -0.3 is 15.5 Å². The van der Waals surface area contributed by atoms with E-state index in [1.165, 1.54) is 18.5 Å². The highest BCUT2D eigenvalue weighted by atomic mass is 16.2. The maximum Gasteiger partial charge on any atom is 0.225 e. The Bertz CT molecular complexity index is 716. The van der Waals surface area contributed by atoms with Gasteiger partial charge in [-0.3, -0.25) is 19.4 Å². The predicted octanol–water partition coefficient (Wildman–Crippen LogP) is 1.78. The van der Waals surface area contributed by atoms with Crippen molar-refractivity contribution in [2.75, 3.05) is 52.4 Å². The van der Waals surface area contributed by atoms with Crippen LogP contribution in [0.3, 0.4) is 0 Å². The quantitative estimate of drug-likeness (QED) is 0.354. The van der Waals surface area contributed by atoms with E-state index in [9.17, 15) is 4.79 Å². The lowest BCUT2D eigenvalue weighted by Gasteiger charge is -2.36. The molecule has 2 fully saturated rings. The van der Waals surface area contributed by atoms with Gasteiger partial charge in [0.25, 0.3) is 0 Å². The number of guanidine groups is 1. The Kier molecular flexibility index (Phi) is 9.18. The van der Waals surface area contributed by atoms with Crippen molar-refractivity contribution in [1.82, 2.24) is 30.2 Å². The highest BCUT2D eigenvalue weighted by molar-refractivity contribution is 5.80. The van der Waals surface area contributed by atoms with Gasteiger partial charge >= 0.3 is 0 Å². The Hall–Kier alpha value is -2.09. The predicted molar refractivity (Wildman–Crippen MR) is 125 cm³/mol. The van der Waals surface area contributed by atoms with Crippen LogP contribution in [0.5, 0.6) is 0 Å². The van der Waals surface area contributed by atoms with Crippen LogP contribution in [0.25, 0.3) is 0 Å². The van der Waals surface area contributed by atoms with Crippen molar-refractivity contribution in [3.05, 3.63) is 17.5 Å². The molecule has 0 atom stereocenters. The number of hydrogen-bond donors (Lipinski definition) is 2. The van der Waals surface area contributed by atoms with Crippen LogP contribution in [0, 0.1) is 19.8 Å². The Morgan fingerprint density at radius 2 is 1.87 bits per heavy atom. The summed E-state index contributed by atoms with van der Waals surface area (Å²) in [5.74, 6) is 1.58. The summed E-state index contributed by atoms with van der Waals surface area (Å²) in [6, 6.07) is 2.11. The number of nitrogens with one attached hydrogen (secondary N) is 2. The van der Waals surface area contributed by atoms with Crippen molar-refractivity contribution >= 4 is 11.9 Å². The van der Waals surface area contributed by atoms with Crippen LogP contribution in [-0.4, -0.2) is 83.8 Å². The molecule has 174 valence electrons. The lowest BCUT2D eigenvalue weighted by molar-refractivity contribution is -0.137. The summed E-state index contributed by atoms with van der Waals surface area (Å²) in [6.07, 6.45) is 5.60. The number of rotatable bonds is 9. The van der Waals surface area contributed by atoms with E-state index < -0.39 is 0 Å². The molecule has 8 nitrogen and oxygen atoms in total. The molecule has 1 saturated heterocycles. The van der Waals surface area contributed by atoms with Crippen LogP contribution in [0.4, 0.5) is 0 Å². The Labute approximate surface area is 187 Å². The van der Waals surface area contributed by atoms with E-state index in [0.717, 1.165) is 89.8 Å². The van der Waals surface area contributed by atoms with Crippen LogP contribution in [0.1, 0.15) is 50.4 Å². The summed E-state index contributed by atoms with van der Waals surface area (Å²) in [5, 5.41) is 11.3. The lowest BCUT2D eigenvalue weighted by atomic mass is 10.1. The smallest absolute Gasteiger partial charge is 0.225 e. The number of carbonyl (C=O) groups excluding carboxylic acids is 1. The van der Waals surface area contributed by atoms with Crippen LogP contribution >= 0.6 is 0 Å². The largest absolute Gasteiger partial charge is 0.357 e. The molecule has 0 spiro atoms. The fourth-order valence-corrected chi connectivity index (χ4v) is 4.61. The molecule has 8 heteroatoms. The summed E-state index contributed by atoms with van der Waals surface area (Å²) in [6.45, 7) is 14.3. The van der Waals surface area contributed by atoms with Gasteiger partial charge in [0.15, 0.2) is 5.96 Å². The van der Waals surface area contributed by atoms with Crippen molar-refractivity contribution in [1.29, 1.82) is 0 Å². The van der Waals surface area contributed by atoms with Gasteiger partial charge in [0, 0.05) is 70.5 Å². The van der Waals surface area contributed by atoms with E-state index >= 15 is 0 Å². The van der Waals surface area contributed by atoms with Crippen LogP contribution in [-0.2, 0) is 11.3 Å². The van der Waals surface area contributed by atoms with Gasteiger partial charge in [0.05, 0.1) is 5.69 Å². The maximum atomic E-state index is 12.6. The first-order valence-corrected chi connectivity index (χ1v) is 12.1. The number of amides is 1. The van der Waals surface area contributed by atoms with Crippen molar-refractivity contribution < 1.29 is 4.79 Å². The molecular formula is C23H41N7O. The van der Waals surface area contributed by atoms with E-state index in [4.69, 9.17) is 4.99 Å². The van der Waals surface area contributed by atoms with Gasteiger partial charge in [-0.25, -0.2) is 0 Å². The number of nitrogens with zero attached hydrogens (tertiary/aromatic N) is 5. The van der Waals surface area contributed by atoms with E-state index in [0.29, 0.717) is 11.8 Å². The van der Waals surface area contributed by atoms with E-state index in [1.807, 2.05) is 6.92 Å². The molecule has 2 N–H and O–H groups in total. The minimum atomic E-state index is 0.299. The standard InChI is InChI=1S/C23H41N7O/c1-4-24-23(25-10-7-12-30-20(3)18-19(2)27-30)26-11-13-28-14-16-29(17-15-28)22(31)21-8-5-6-9-21/h18,21H,4-17H2,1-3H3,(H2,24,25,26). The second-order valence-corrected chi connectivity index (χ2v) is 8.84. The molecule has 3 rings (SSSR count). The number of hydrogen-bond acceptors (Lipinski definition) is 4. The number of piperazine rings is 1. The normalized spacial score (nSPS) is 18.5. The van der Waals surface area contributed by atoms with Gasteiger partial charge in [0.2, 0.25) is 5.91 Å². The molecular weight excluding hydrogens is 390 g/mol. The molecule has 1 aliphatic carbocycles. The first-order chi connectivity index (χ1) is 15.1. The highest BCUT2D eigenvalue weighted by Gasteiger charge is 2.29. The zero-order chi connectivity index (χ0) is 22.1. The zero-order valence-electron chi connectivity index (χ0n) is 19.7. The van der Waals surface area contributed by atoms with Gasteiger partial charge in [0.1, 0.15) is 0 Å². The number of carbonyl (C=O) groups is 1. The molecule has 1 saturated carbocycles. The van der Waals surface area contributed by atoms with Gasteiger partial charge in [-0.1, -0.05) is 12.8 Å². The molecule has 31 heavy (non-hydrogen) atoms. The minimum absolute atomic E-state index is 0.299. The first kappa shape index (κ1) is 23.6. The average Bonchev–Trinajstić information content (AvgIpc) is 3.41. The highest BCUT2D eigenvalue weighted by Crippen LogP contribution is 2.26. The van der Waals surface area contributed by atoms with Gasteiger partial charge in [-0.15, -0.1) is 0 Å². The molecule has 0 radical (unpaired) electrons. The Morgan fingerprint density at radius 3 is 2.52 bits per heavy atom. The second kappa shape index (κ2) is 12.1. The van der Waals surface area contributed by atoms with E-state index in [2.05, 4.69) is 50.1 Å². The van der Waals surface area contributed by atoms with Crippen molar-refractivity contribution in [2.45, 2.75) is 59.4 Å².